The summed E-state index contributed by atoms with van der Waals surface area (Å²) in [7, 11) is 1.60. The van der Waals surface area contributed by atoms with E-state index in [1.807, 2.05) is 26.8 Å². The molecular weight excluding hydrogens is 381 g/mol. The number of alkyl halides is 3. The fraction of sp³-hybridized carbons (Fsp3) is 0.476. The van der Waals surface area contributed by atoms with Crippen LogP contribution in [0.4, 0.5) is 13.2 Å². The van der Waals surface area contributed by atoms with Crippen LogP contribution in [0.25, 0.3) is 6.08 Å². The number of aromatic nitrogens is 2. The van der Waals surface area contributed by atoms with Gasteiger partial charge in [0.1, 0.15) is 6.07 Å². The standard InChI is InChI=1S/C21H23F3N4O/c1-20(2,3)12-28-17-10-9-16(26-18(17)27(4)19(28)29)13-7-5-6-8-15(14(13)11-25)21(22,23)24/h5,7-8,10,16H,6,9,12H2,1-4H3. The van der Waals surface area contributed by atoms with Crippen molar-refractivity contribution in [3.05, 3.63) is 56.3 Å². The molecule has 0 N–H and O–H groups in total. The first-order chi connectivity index (χ1) is 13.4. The Bertz CT molecular complexity index is 1150. The minimum absolute atomic E-state index is 0.0889. The van der Waals surface area contributed by atoms with Gasteiger partial charge in [-0.15, -0.1) is 0 Å². The van der Waals surface area contributed by atoms with Crippen molar-refractivity contribution < 1.29 is 13.2 Å². The summed E-state index contributed by atoms with van der Waals surface area (Å²) >= 11 is 0. The van der Waals surface area contributed by atoms with Crippen LogP contribution in [-0.4, -0.2) is 21.4 Å². The third kappa shape index (κ3) is 4.00. The van der Waals surface area contributed by atoms with Gasteiger partial charge in [-0.3, -0.25) is 14.1 Å². The van der Waals surface area contributed by atoms with Crippen molar-refractivity contribution in [3.63, 3.8) is 0 Å². The van der Waals surface area contributed by atoms with Crippen LogP contribution >= 0.6 is 0 Å². The molecule has 5 nitrogen and oxygen atoms in total. The summed E-state index contributed by atoms with van der Waals surface area (Å²) in [5.41, 5.74) is -1.03. The van der Waals surface area contributed by atoms with Gasteiger partial charge >= 0.3 is 11.9 Å². The predicted molar refractivity (Wildman–Crippen MR) is 103 cm³/mol. The number of hydrogen-bond donors (Lipinski definition) is 0. The molecule has 154 valence electrons. The van der Waals surface area contributed by atoms with Crippen molar-refractivity contribution >= 4 is 6.08 Å². The highest BCUT2D eigenvalue weighted by Gasteiger charge is 2.38. The predicted octanol–water partition coefficient (Wildman–Crippen LogP) is 2.67. The van der Waals surface area contributed by atoms with Crippen molar-refractivity contribution in [2.75, 3.05) is 0 Å². The first-order valence-corrected chi connectivity index (χ1v) is 9.36. The van der Waals surface area contributed by atoms with E-state index in [-0.39, 0.29) is 23.1 Å². The van der Waals surface area contributed by atoms with E-state index < -0.39 is 23.4 Å². The molecule has 2 aliphatic rings. The highest BCUT2D eigenvalue weighted by Crippen LogP contribution is 2.36. The molecule has 1 unspecified atom stereocenters. The topological polar surface area (TPSA) is 63.1 Å². The Balaban J connectivity index is 2.18. The van der Waals surface area contributed by atoms with E-state index in [1.54, 1.807) is 29.8 Å². The highest BCUT2D eigenvalue weighted by molar-refractivity contribution is 5.55. The number of rotatable bonds is 2. The summed E-state index contributed by atoms with van der Waals surface area (Å²) in [6.07, 6.45) is 1.79. The lowest BCUT2D eigenvalue weighted by molar-refractivity contribution is -0.0891. The first-order valence-electron chi connectivity index (χ1n) is 9.36. The average Bonchev–Trinajstić information content (AvgIpc) is 2.80. The number of allylic oxidation sites excluding steroid dienone is 4. The summed E-state index contributed by atoms with van der Waals surface area (Å²) in [6.45, 7) is 6.56. The van der Waals surface area contributed by atoms with Gasteiger partial charge in [0.2, 0.25) is 0 Å². The van der Waals surface area contributed by atoms with Crippen molar-refractivity contribution in [1.29, 1.82) is 5.26 Å². The van der Waals surface area contributed by atoms with Gasteiger partial charge in [0.05, 0.1) is 22.5 Å². The van der Waals surface area contributed by atoms with Crippen molar-refractivity contribution in [2.24, 2.45) is 17.5 Å². The molecule has 0 saturated carbocycles. The second-order valence-electron chi connectivity index (χ2n) is 8.48. The van der Waals surface area contributed by atoms with E-state index in [9.17, 15) is 23.2 Å². The molecule has 1 aromatic rings. The Hall–Kier alpha value is -2.82. The maximum Gasteiger partial charge on any atom is 0.417 e. The third-order valence-corrected chi connectivity index (χ3v) is 4.89. The van der Waals surface area contributed by atoms with Crippen LogP contribution < -0.4 is 16.5 Å². The van der Waals surface area contributed by atoms with Gasteiger partial charge in [0, 0.05) is 13.6 Å². The zero-order valence-electron chi connectivity index (χ0n) is 16.8. The van der Waals surface area contributed by atoms with Crippen LogP contribution in [-0.2, 0) is 13.6 Å². The normalized spacial score (nSPS) is 19.7. The van der Waals surface area contributed by atoms with Gasteiger partial charge < -0.3 is 0 Å². The van der Waals surface area contributed by atoms with E-state index in [0.717, 1.165) is 6.08 Å². The van der Waals surface area contributed by atoms with Crippen LogP contribution in [0.2, 0.25) is 0 Å². The SMILES string of the molecule is Cn1c2c(n(CC(C)(C)C)c1=O)=CCC(C1=C(C#N)C(C(F)(F)F)=CCC=C1)N=2. The zero-order valence-corrected chi connectivity index (χ0v) is 16.8. The molecule has 29 heavy (non-hydrogen) atoms. The number of nitriles is 1. The molecule has 0 spiro atoms. The van der Waals surface area contributed by atoms with Gasteiger partial charge in [-0.1, -0.05) is 45.1 Å². The van der Waals surface area contributed by atoms with E-state index >= 15 is 0 Å². The monoisotopic (exact) mass is 404 g/mol. The van der Waals surface area contributed by atoms with Crippen LogP contribution in [0, 0.1) is 16.7 Å². The van der Waals surface area contributed by atoms with Crippen molar-refractivity contribution in [3.8, 4) is 6.07 Å². The van der Waals surface area contributed by atoms with E-state index in [2.05, 4.69) is 4.99 Å². The number of halogens is 3. The van der Waals surface area contributed by atoms with Gasteiger partial charge in [0.15, 0.2) is 5.49 Å². The molecule has 1 atom stereocenters. The van der Waals surface area contributed by atoms with E-state index in [0.29, 0.717) is 23.8 Å². The van der Waals surface area contributed by atoms with Gasteiger partial charge in [0.25, 0.3) is 0 Å². The minimum Gasteiger partial charge on any atom is -0.290 e. The molecule has 3 rings (SSSR count). The zero-order chi connectivity index (χ0) is 21.6. The molecule has 1 aliphatic heterocycles. The lowest BCUT2D eigenvalue weighted by atomic mass is 9.93. The number of imidazole rings is 1. The second kappa shape index (κ2) is 7.21. The largest absolute Gasteiger partial charge is 0.417 e. The highest BCUT2D eigenvalue weighted by atomic mass is 19.4. The summed E-state index contributed by atoms with van der Waals surface area (Å²) < 4.78 is 43.4. The quantitative estimate of drug-likeness (QED) is 0.761. The van der Waals surface area contributed by atoms with Crippen molar-refractivity contribution in [1.82, 2.24) is 9.13 Å². The summed E-state index contributed by atoms with van der Waals surface area (Å²) in [5.74, 6) is 0. The molecule has 1 aromatic heterocycles. The average molecular weight is 404 g/mol. The molecule has 0 bridgehead atoms. The van der Waals surface area contributed by atoms with E-state index in [1.165, 1.54) is 4.57 Å². The molecule has 0 aromatic carbocycles. The van der Waals surface area contributed by atoms with Gasteiger partial charge in [-0.05, 0) is 23.8 Å². The number of nitrogens with zero attached hydrogens (tertiary/aromatic N) is 4. The number of hydrogen-bond acceptors (Lipinski definition) is 3. The fourth-order valence-corrected chi connectivity index (χ4v) is 3.65. The number of fused-ring (bicyclic) bond motifs is 1. The second-order valence-corrected chi connectivity index (χ2v) is 8.48. The summed E-state index contributed by atoms with van der Waals surface area (Å²) in [4.78, 5) is 17.3. The maximum absolute atomic E-state index is 13.4. The molecule has 2 heterocycles. The first kappa shape index (κ1) is 20.9. The summed E-state index contributed by atoms with van der Waals surface area (Å²) in [6, 6.07) is 1.07. The van der Waals surface area contributed by atoms with Crippen LogP contribution in [0.3, 0.4) is 0 Å². The Morgan fingerprint density at radius 3 is 2.55 bits per heavy atom. The maximum atomic E-state index is 13.4. The minimum atomic E-state index is -4.62. The molecule has 8 heteroatoms. The Kier molecular flexibility index (Phi) is 5.20. The third-order valence-electron chi connectivity index (χ3n) is 4.89. The molecule has 0 amide bonds. The molecule has 0 radical (unpaired) electrons. The van der Waals surface area contributed by atoms with Crippen LogP contribution in [0.15, 0.2) is 44.7 Å². The smallest absolute Gasteiger partial charge is 0.290 e. The Morgan fingerprint density at radius 2 is 1.97 bits per heavy atom. The Labute approximate surface area is 166 Å². The van der Waals surface area contributed by atoms with Crippen LogP contribution in [0.5, 0.6) is 0 Å². The van der Waals surface area contributed by atoms with Crippen molar-refractivity contribution in [2.45, 2.75) is 52.4 Å². The molecule has 0 saturated heterocycles. The van der Waals surface area contributed by atoms with Gasteiger partial charge in [-0.25, -0.2) is 4.79 Å². The van der Waals surface area contributed by atoms with E-state index in [4.69, 9.17) is 0 Å². The molecule has 0 fully saturated rings. The lowest BCUT2D eigenvalue weighted by Gasteiger charge is -2.20. The van der Waals surface area contributed by atoms with Crippen LogP contribution in [0.1, 0.15) is 33.6 Å². The summed E-state index contributed by atoms with van der Waals surface area (Å²) in [5, 5.41) is 10.2. The Morgan fingerprint density at radius 1 is 1.28 bits per heavy atom. The van der Waals surface area contributed by atoms with Gasteiger partial charge in [-0.2, -0.15) is 18.4 Å². The fourth-order valence-electron chi connectivity index (χ4n) is 3.65. The lowest BCUT2D eigenvalue weighted by Crippen LogP contribution is -2.39. The molecule has 1 aliphatic carbocycles. The molecular formula is C21H23F3N4O.